The van der Waals surface area contributed by atoms with Crippen LogP contribution in [0.5, 0.6) is 0 Å². The maximum absolute atomic E-state index is 6.07. The lowest BCUT2D eigenvalue weighted by atomic mass is 9.76. The molecule has 1 aromatic heterocycles. The molecule has 0 aromatic carbocycles. The van der Waals surface area contributed by atoms with E-state index in [1.54, 1.807) is 0 Å². The van der Waals surface area contributed by atoms with Crippen molar-refractivity contribution in [1.29, 1.82) is 0 Å². The minimum absolute atomic E-state index is 0.174. The second kappa shape index (κ2) is 5.45. The second-order valence-corrected chi connectivity index (χ2v) is 5.98. The molecular weight excluding hydrogens is 224 g/mol. The van der Waals surface area contributed by atoms with Crippen molar-refractivity contribution in [2.24, 2.45) is 11.7 Å². The van der Waals surface area contributed by atoms with Crippen LogP contribution in [0.4, 0.5) is 0 Å². The highest BCUT2D eigenvalue weighted by molar-refractivity contribution is 5.06. The third-order valence-corrected chi connectivity index (χ3v) is 4.58. The van der Waals surface area contributed by atoms with Gasteiger partial charge in [-0.05, 0) is 57.7 Å². The van der Waals surface area contributed by atoms with Crippen molar-refractivity contribution in [3.63, 3.8) is 0 Å². The summed E-state index contributed by atoms with van der Waals surface area (Å²) in [5.41, 5.74) is 6.24. The van der Waals surface area contributed by atoms with Gasteiger partial charge in [0.15, 0.2) is 0 Å². The molecule has 0 atom stereocenters. The molecule has 2 N–H and O–H groups in total. The number of aryl methyl sites for hydroxylation is 1. The summed E-state index contributed by atoms with van der Waals surface area (Å²) in [6.07, 6.45) is 5.00. The second-order valence-electron chi connectivity index (χ2n) is 5.98. The molecule has 3 nitrogen and oxygen atoms in total. The summed E-state index contributed by atoms with van der Waals surface area (Å²) in [5.74, 6) is 2.88. The average Bonchev–Trinajstić information content (AvgIpc) is 2.76. The van der Waals surface area contributed by atoms with Crippen molar-refractivity contribution in [2.75, 3.05) is 13.6 Å². The van der Waals surface area contributed by atoms with Crippen molar-refractivity contribution in [3.8, 4) is 0 Å². The Balaban J connectivity index is 2.03. The minimum atomic E-state index is 0.174. The zero-order valence-corrected chi connectivity index (χ0v) is 11.9. The fourth-order valence-electron chi connectivity index (χ4n) is 3.01. The molecule has 2 rings (SSSR count). The van der Waals surface area contributed by atoms with Gasteiger partial charge in [0.2, 0.25) is 0 Å². The molecule has 0 amide bonds. The molecule has 1 fully saturated rings. The quantitative estimate of drug-likeness (QED) is 0.893. The maximum Gasteiger partial charge on any atom is 0.118 e. The van der Waals surface area contributed by atoms with Gasteiger partial charge in [0.25, 0.3) is 0 Å². The molecule has 18 heavy (non-hydrogen) atoms. The van der Waals surface area contributed by atoms with Crippen molar-refractivity contribution >= 4 is 0 Å². The summed E-state index contributed by atoms with van der Waals surface area (Å²) >= 11 is 0. The van der Waals surface area contributed by atoms with Gasteiger partial charge in [-0.2, -0.15) is 0 Å². The Morgan fingerprint density at radius 2 is 2.06 bits per heavy atom. The summed E-state index contributed by atoms with van der Waals surface area (Å²) in [6, 6.07) is 4.10. The van der Waals surface area contributed by atoms with Crippen LogP contribution in [0.15, 0.2) is 16.5 Å². The summed E-state index contributed by atoms with van der Waals surface area (Å²) in [6.45, 7) is 5.94. The predicted molar refractivity (Wildman–Crippen MR) is 74.3 cm³/mol. The molecule has 1 heterocycles. The number of likely N-dealkylation sites (N-methyl/N-ethyl adjacent to an activating group) is 1. The van der Waals surface area contributed by atoms with E-state index in [4.69, 9.17) is 10.2 Å². The van der Waals surface area contributed by atoms with Gasteiger partial charge in [-0.15, -0.1) is 0 Å². The van der Waals surface area contributed by atoms with E-state index in [9.17, 15) is 0 Å². The molecule has 1 aliphatic rings. The van der Waals surface area contributed by atoms with E-state index >= 15 is 0 Å². The van der Waals surface area contributed by atoms with Crippen LogP contribution in [-0.4, -0.2) is 24.0 Å². The zero-order chi connectivity index (χ0) is 13.2. The SMILES string of the molecule is Cc1ccc(CN(C)C2(CN)CCC(C)CC2)o1. The van der Waals surface area contributed by atoms with E-state index in [-0.39, 0.29) is 5.54 Å². The Labute approximate surface area is 110 Å². The monoisotopic (exact) mass is 250 g/mol. The number of rotatable bonds is 4. The van der Waals surface area contributed by atoms with Gasteiger partial charge in [0, 0.05) is 12.1 Å². The molecule has 0 unspecified atom stereocenters. The van der Waals surface area contributed by atoms with Crippen LogP contribution in [-0.2, 0) is 6.54 Å². The van der Waals surface area contributed by atoms with Gasteiger partial charge in [0.1, 0.15) is 11.5 Å². The lowest BCUT2D eigenvalue weighted by Gasteiger charge is -2.45. The number of furan rings is 1. The van der Waals surface area contributed by atoms with Crippen LogP contribution in [0.1, 0.15) is 44.1 Å². The molecule has 3 heteroatoms. The fourth-order valence-corrected chi connectivity index (χ4v) is 3.01. The predicted octanol–water partition coefficient (Wildman–Crippen LogP) is 2.93. The van der Waals surface area contributed by atoms with E-state index in [2.05, 4.69) is 24.9 Å². The van der Waals surface area contributed by atoms with E-state index in [0.29, 0.717) is 0 Å². The molecule has 1 saturated carbocycles. The highest BCUT2D eigenvalue weighted by atomic mass is 16.3. The van der Waals surface area contributed by atoms with Crippen molar-refractivity contribution in [1.82, 2.24) is 4.90 Å². The van der Waals surface area contributed by atoms with E-state index < -0.39 is 0 Å². The standard InChI is InChI=1S/C15H26N2O/c1-12-6-8-15(11-16,9-7-12)17(3)10-14-5-4-13(2)18-14/h4-5,12H,6-11,16H2,1-3H3. The smallest absolute Gasteiger partial charge is 0.118 e. The lowest BCUT2D eigenvalue weighted by Crippen LogP contribution is -2.53. The fraction of sp³-hybridized carbons (Fsp3) is 0.733. The Hall–Kier alpha value is -0.800. The van der Waals surface area contributed by atoms with Crippen molar-refractivity contribution in [2.45, 2.75) is 51.6 Å². The first kappa shape index (κ1) is 13.6. The average molecular weight is 250 g/mol. The minimum Gasteiger partial charge on any atom is -0.465 e. The Morgan fingerprint density at radius 1 is 1.39 bits per heavy atom. The molecule has 0 aliphatic heterocycles. The molecule has 102 valence electrons. The molecule has 1 aliphatic carbocycles. The first-order valence-corrected chi connectivity index (χ1v) is 7.02. The van der Waals surface area contributed by atoms with Gasteiger partial charge in [-0.25, -0.2) is 0 Å². The van der Waals surface area contributed by atoms with E-state index in [0.717, 1.165) is 30.5 Å². The van der Waals surface area contributed by atoms with Gasteiger partial charge < -0.3 is 10.2 Å². The van der Waals surface area contributed by atoms with Crippen LogP contribution in [0.25, 0.3) is 0 Å². The normalized spacial score (nSPS) is 28.8. The summed E-state index contributed by atoms with van der Waals surface area (Å²) in [4.78, 5) is 2.40. The summed E-state index contributed by atoms with van der Waals surface area (Å²) < 4.78 is 5.67. The first-order chi connectivity index (χ1) is 8.55. The van der Waals surface area contributed by atoms with Gasteiger partial charge in [-0.1, -0.05) is 6.92 Å². The topological polar surface area (TPSA) is 42.4 Å². The molecule has 1 aromatic rings. The first-order valence-electron chi connectivity index (χ1n) is 7.02. The number of hydrogen-bond donors (Lipinski definition) is 1. The highest BCUT2D eigenvalue weighted by Crippen LogP contribution is 2.35. The molecule has 0 radical (unpaired) electrons. The Morgan fingerprint density at radius 3 is 2.56 bits per heavy atom. The van der Waals surface area contributed by atoms with Crippen LogP contribution < -0.4 is 5.73 Å². The number of nitrogens with two attached hydrogens (primary N) is 1. The van der Waals surface area contributed by atoms with Crippen molar-refractivity contribution < 1.29 is 4.42 Å². The third-order valence-electron chi connectivity index (χ3n) is 4.58. The Kier molecular flexibility index (Phi) is 4.13. The number of hydrogen-bond acceptors (Lipinski definition) is 3. The summed E-state index contributed by atoms with van der Waals surface area (Å²) in [5, 5.41) is 0. The summed E-state index contributed by atoms with van der Waals surface area (Å²) in [7, 11) is 2.18. The van der Waals surface area contributed by atoms with Crippen molar-refractivity contribution in [3.05, 3.63) is 23.7 Å². The molecule has 0 saturated heterocycles. The third kappa shape index (κ3) is 2.78. The van der Waals surface area contributed by atoms with Crippen LogP contribution in [0, 0.1) is 12.8 Å². The zero-order valence-electron chi connectivity index (χ0n) is 11.9. The van der Waals surface area contributed by atoms with Gasteiger partial charge >= 0.3 is 0 Å². The lowest BCUT2D eigenvalue weighted by molar-refractivity contribution is 0.0560. The van der Waals surface area contributed by atoms with Gasteiger partial charge in [-0.3, -0.25) is 4.90 Å². The van der Waals surface area contributed by atoms with Crippen LogP contribution >= 0.6 is 0 Å². The maximum atomic E-state index is 6.07. The largest absolute Gasteiger partial charge is 0.465 e. The number of nitrogens with zero attached hydrogens (tertiary/aromatic N) is 1. The van der Waals surface area contributed by atoms with Crippen LogP contribution in [0.2, 0.25) is 0 Å². The molecular formula is C15H26N2O. The highest BCUT2D eigenvalue weighted by Gasteiger charge is 2.36. The molecule has 0 bridgehead atoms. The van der Waals surface area contributed by atoms with E-state index in [1.165, 1.54) is 25.7 Å². The van der Waals surface area contributed by atoms with Crippen LogP contribution in [0.3, 0.4) is 0 Å². The molecule has 0 spiro atoms. The Bertz CT molecular complexity index is 378. The van der Waals surface area contributed by atoms with Gasteiger partial charge in [0.05, 0.1) is 6.54 Å². The van der Waals surface area contributed by atoms with E-state index in [1.807, 2.05) is 13.0 Å².